The second-order valence-corrected chi connectivity index (χ2v) is 8.70. The number of fused-ring (bicyclic) bond motifs is 1. The van der Waals surface area contributed by atoms with Crippen molar-refractivity contribution in [2.75, 3.05) is 12.4 Å². The van der Waals surface area contributed by atoms with Gasteiger partial charge in [0.1, 0.15) is 24.2 Å². The van der Waals surface area contributed by atoms with Crippen LogP contribution in [0.3, 0.4) is 0 Å². The monoisotopic (exact) mass is 531 g/mol. The van der Waals surface area contributed by atoms with Gasteiger partial charge in [-0.1, -0.05) is 18.2 Å². The van der Waals surface area contributed by atoms with E-state index in [2.05, 4.69) is 43.5 Å². The quantitative estimate of drug-likeness (QED) is 0.118. The van der Waals surface area contributed by atoms with Gasteiger partial charge in [-0.3, -0.25) is 14.4 Å². The topological polar surface area (TPSA) is 215 Å². The summed E-state index contributed by atoms with van der Waals surface area (Å²) in [5.74, 6) is -3.64. The first-order valence-corrected chi connectivity index (χ1v) is 12.0. The number of para-hydroxylation sites is 1. The number of carbonyl (C=O) groups is 4. The van der Waals surface area contributed by atoms with E-state index in [-0.39, 0.29) is 18.6 Å². The smallest absolute Gasteiger partial charge is 0.326 e. The SMILES string of the molecule is NC(CO)C(=O)NC(Cc1cnc[nH]1)C(=O)NC(CS)C(=O)NC(Cc1c[nH]c2ccccc12)C(=O)O. The molecule has 0 saturated heterocycles. The summed E-state index contributed by atoms with van der Waals surface area (Å²) >= 11 is 4.13. The Morgan fingerprint density at radius 2 is 1.65 bits per heavy atom. The minimum Gasteiger partial charge on any atom is -0.480 e. The molecule has 2 aromatic heterocycles. The number of rotatable bonds is 13. The maximum absolute atomic E-state index is 13.0. The Labute approximate surface area is 217 Å². The highest BCUT2D eigenvalue weighted by molar-refractivity contribution is 7.80. The average Bonchev–Trinajstić information content (AvgIpc) is 3.55. The third-order valence-electron chi connectivity index (χ3n) is 5.67. The summed E-state index contributed by atoms with van der Waals surface area (Å²) in [6, 6.07) is 2.48. The van der Waals surface area contributed by atoms with Gasteiger partial charge in [-0.15, -0.1) is 0 Å². The summed E-state index contributed by atoms with van der Waals surface area (Å²) in [4.78, 5) is 59.8. The van der Waals surface area contributed by atoms with Crippen LogP contribution in [0.4, 0.5) is 0 Å². The van der Waals surface area contributed by atoms with Gasteiger partial charge in [0.15, 0.2) is 0 Å². The van der Waals surface area contributed by atoms with Crippen molar-refractivity contribution in [3.8, 4) is 0 Å². The molecule has 37 heavy (non-hydrogen) atoms. The number of imidazole rings is 1. The number of aliphatic carboxylic acids is 1. The number of aliphatic hydroxyl groups is 1. The predicted molar refractivity (Wildman–Crippen MR) is 137 cm³/mol. The molecule has 4 atom stereocenters. The predicted octanol–water partition coefficient (Wildman–Crippen LogP) is -1.54. The van der Waals surface area contributed by atoms with Gasteiger partial charge < -0.3 is 41.9 Å². The Hall–Kier alpha value is -3.88. The van der Waals surface area contributed by atoms with E-state index < -0.39 is 54.5 Å². The number of hydrogen-bond donors (Lipinski definition) is 9. The zero-order chi connectivity index (χ0) is 26.9. The molecule has 4 unspecified atom stereocenters. The fraction of sp³-hybridized carbons (Fsp3) is 0.348. The highest BCUT2D eigenvalue weighted by atomic mass is 32.1. The number of carboxylic acid groups (broad SMARTS) is 1. The number of nitrogens with zero attached hydrogens (tertiary/aromatic N) is 1. The number of aromatic nitrogens is 3. The fourth-order valence-electron chi connectivity index (χ4n) is 3.65. The normalized spacial score (nSPS) is 14.4. The number of nitrogens with one attached hydrogen (secondary N) is 5. The van der Waals surface area contributed by atoms with Crippen LogP contribution in [-0.2, 0) is 32.0 Å². The van der Waals surface area contributed by atoms with Gasteiger partial charge in [-0.05, 0) is 11.6 Å². The highest BCUT2D eigenvalue weighted by Crippen LogP contribution is 2.19. The molecule has 198 valence electrons. The van der Waals surface area contributed by atoms with Gasteiger partial charge in [0, 0.05) is 47.6 Å². The minimum atomic E-state index is -1.27. The number of benzene rings is 1. The number of nitrogens with two attached hydrogens (primary N) is 1. The van der Waals surface area contributed by atoms with Crippen LogP contribution in [0.5, 0.6) is 0 Å². The van der Waals surface area contributed by atoms with E-state index in [1.165, 1.54) is 12.5 Å². The lowest BCUT2D eigenvalue weighted by Gasteiger charge is -2.24. The van der Waals surface area contributed by atoms with Gasteiger partial charge in [0.25, 0.3) is 0 Å². The number of aromatic amines is 2. The van der Waals surface area contributed by atoms with E-state index in [9.17, 15) is 24.3 Å². The molecular formula is C23H29N7O6S. The molecule has 3 amide bonds. The maximum atomic E-state index is 13.0. The van der Waals surface area contributed by atoms with Crippen LogP contribution in [0.25, 0.3) is 10.9 Å². The Morgan fingerprint density at radius 1 is 0.973 bits per heavy atom. The van der Waals surface area contributed by atoms with Crippen LogP contribution < -0.4 is 21.7 Å². The molecule has 0 bridgehead atoms. The maximum Gasteiger partial charge on any atom is 0.326 e. The van der Waals surface area contributed by atoms with Crippen molar-refractivity contribution < 1.29 is 29.4 Å². The lowest BCUT2D eigenvalue weighted by Crippen LogP contribution is -2.58. The third-order valence-corrected chi connectivity index (χ3v) is 6.04. The average molecular weight is 532 g/mol. The lowest BCUT2D eigenvalue weighted by molar-refractivity contribution is -0.142. The van der Waals surface area contributed by atoms with Gasteiger partial charge >= 0.3 is 5.97 Å². The first kappa shape index (κ1) is 27.7. The molecule has 9 N–H and O–H groups in total. The number of hydrogen-bond acceptors (Lipinski definition) is 8. The minimum absolute atomic E-state index is 0.00501. The van der Waals surface area contributed by atoms with Gasteiger partial charge in [-0.2, -0.15) is 12.6 Å². The van der Waals surface area contributed by atoms with Crippen molar-refractivity contribution in [2.24, 2.45) is 5.73 Å². The van der Waals surface area contributed by atoms with Crippen LogP contribution in [0, 0.1) is 0 Å². The molecule has 0 saturated carbocycles. The molecular weight excluding hydrogens is 502 g/mol. The number of carbonyl (C=O) groups excluding carboxylic acids is 3. The Balaban J connectivity index is 1.69. The first-order chi connectivity index (χ1) is 17.7. The molecule has 13 nitrogen and oxygen atoms in total. The number of aliphatic hydroxyl groups excluding tert-OH is 1. The van der Waals surface area contributed by atoms with Crippen LogP contribution in [-0.4, -0.2) is 85.4 Å². The van der Waals surface area contributed by atoms with Crippen molar-refractivity contribution in [3.63, 3.8) is 0 Å². The van der Waals surface area contributed by atoms with E-state index in [0.717, 1.165) is 10.9 Å². The van der Waals surface area contributed by atoms with Gasteiger partial charge in [-0.25, -0.2) is 9.78 Å². The summed E-state index contributed by atoms with van der Waals surface area (Å²) in [6.45, 7) is -0.626. The first-order valence-electron chi connectivity index (χ1n) is 11.4. The molecule has 2 heterocycles. The van der Waals surface area contributed by atoms with E-state index in [1.54, 1.807) is 6.20 Å². The van der Waals surface area contributed by atoms with Crippen molar-refractivity contribution in [2.45, 2.75) is 37.0 Å². The summed E-state index contributed by atoms with van der Waals surface area (Å²) in [6.07, 6.45) is 4.55. The number of amides is 3. The van der Waals surface area contributed by atoms with Crippen LogP contribution >= 0.6 is 12.6 Å². The zero-order valence-electron chi connectivity index (χ0n) is 19.7. The molecule has 14 heteroatoms. The summed E-state index contributed by atoms with van der Waals surface area (Å²) in [5, 5.41) is 27.1. The molecule has 3 aromatic rings. The van der Waals surface area contributed by atoms with Gasteiger partial charge in [0.05, 0.1) is 12.9 Å². The molecule has 0 fully saturated rings. The second kappa shape index (κ2) is 12.9. The molecule has 1 aromatic carbocycles. The zero-order valence-corrected chi connectivity index (χ0v) is 20.6. The molecule has 0 radical (unpaired) electrons. The van der Waals surface area contributed by atoms with E-state index in [4.69, 9.17) is 10.8 Å². The summed E-state index contributed by atoms with van der Waals surface area (Å²) in [5.41, 5.74) is 7.60. The Kier molecular flexibility index (Phi) is 9.65. The molecule has 0 aliphatic heterocycles. The molecule has 0 aliphatic carbocycles. The standard InChI is InChI=1S/C23H29N7O6S/c24-15(9-31)20(32)28-17(6-13-8-25-11-27-13)21(33)30-19(10-37)22(34)29-18(23(35)36)5-12-7-26-16-4-2-1-3-14(12)16/h1-4,7-8,11,15,17-19,26,31,37H,5-6,9-10,24H2,(H,25,27)(H,28,32)(H,29,34)(H,30,33)(H,35,36). The van der Waals surface area contributed by atoms with Crippen molar-refractivity contribution in [1.82, 2.24) is 30.9 Å². The van der Waals surface area contributed by atoms with E-state index in [0.29, 0.717) is 11.3 Å². The number of carboxylic acids is 1. The summed E-state index contributed by atoms with van der Waals surface area (Å²) < 4.78 is 0. The lowest BCUT2D eigenvalue weighted by atomic mass is 10.0. The number of H-pyrrole nitrogens is 2. The summed E-state index contributed by atoms with van der Waals surface area (Å²) in [7, 11) is 0. The van der Waals surface area contributed by atoms with Crippen molar-refractivity contribution >= 4 is 47.2 Å². The Bertz CT molecular complexity index is 1230. The molecule has 0 aliphatic rings. The van der Waals surface area contributed by atoms with E-state index >= 15 is 0 Å². The van der Waals surface area contributed by atoms with E-state index in [1.807, 2.05) is 24.3 Å². The molecule has 3 rings (SSSR count). The van der Waals surface area contributed by atoms with Crippen LogP contribution in [0.2, 0.25) is 0 Å². The molecule has 0 spiro atoms. The van der Waals surface area contributed by atoms with Crippen molar-refractivity contribution in [1.29, 1.82) is 0 Å². The van der Waals surface area contributed by atoms with Gasteiger partial charge in [0.2, 0.25) is 17.7 Å². The largest absolute Gasteiger partial charge is 0.480 e. The fourth-order valence-corrected chi connectivity index (χ4v) is 3.90. The van der Waals surface area contributed by atoms with Crippen molar-refractivity contribution in [3.05, 3.63) is 54.2 Å². The van der Waals surface area contributed by atoms with Crippen LogP contribution in [0.1, 0.15) is 11.3 Å². The van der Waals surface area contributed by atoms with Crippen LogP contribution in [0.15, 0.2) is 43.0 Å². The second-order valence-electron chi connectivity index (χ2n) is 8.34. The number of thiol groups is 1. The highest BCUT2D eigenvalue weighted by Gasteiger charge is 2.30. The Morgan fingerprint density at radius 3 is 2.30 bits per heavy atom. The third kappa shape index (κ3) is 7.31.